The maximum Gasteiger partial charge on any atom is 0.407 e. The molecule has 3 saturated carbocycles. The summed E-state index contributed by atoms with van der Waals surface area (Å²) in [5.41, 5.74) is 4.41. The van der Waals surface area contributed by atoms with Crippen molar-refractivity contribution in [3.63, 3.8) is 0 Å². The van der Waals surface area contributed by atoms with Crippen molar-refractivity contribution < 1.29 is 37.6 Å². The van der Waals surface area contributed by atoms with E-state index in [4.69, 9.17) is 28.0 Å². The van der Waals surface area contributed by atoms with Gasteiger partial charge in [0.15, 0.2) is 0 Å². The van der Waals surface area contributed by atoms with E-state index in [2.05, 4.69) is 102 Å². The molecule has 0 spiro atoms. The molecule has 4 aromatic carbocycles. The minimum atomic E-state index is -1.76. The molecule has 0 aliphatic heterocycles. The van der Waals surface area contributed by atoms with Crippen LogP contribution in [0.4, 0.5) is 4.79 Å². The smallest absolute Gasteiger partial charge is 0.407 e. The fourth-order valence-corrected chi connectivity index (χ4v) is 17.7. The quantitative estimate of drug-likeness (QED) is 0.0217. The van der Waals surface area contributed by atoms with Crippen molar-refractivity contribution in [2.24, 2.45) is 46.3 Å². The fraction of sp³-hybridized carbons (Fsp3) is 0.603. The van der Waals surface area contributed by atoms with E-state index < -0.39 is 26.3 Å². The first-order chi connectivity index (χ1) is 41.4. The molecule has 4 aromatic rings. The van der Waals surface area contributed by atoms with Crippen LogP contribution in [0.1, 0.15) is 193 Å². The van der Waals surface area contributed by atoms with Gasteiger partial charge in [-0.25, -0.2) is 9.46 Å². The van der Waals surface area contributed by atoms with Crippen LogP contribution in [0.15, 0.2) is 121 Å². The number of rotatable bonds is 31. The number of carbonyl (C=O) groups excluding carboxylic acids is 2. The highest BCUT2D eigenvalue weighted by Crippen LogP contribution is 2.67. The molecule has 0 bridgehead atoms. The molecule has 468 valence electrons. The van der Waals surface area contributed by atoms with Gasteiger partial charge in [0, 0.05) is 31.5 Å². The molecule has 4 aliphatic carbocycles. The standard InChI is InChI=1S/C73H103N4O8P/c1-51(2)23-21-24-54(7)64-40-41-65-63-39-34-59-49-62(42-44-71(59,8)66(63)43-45-72(64,65)9)84-70(79)75-47-20-14-19-29-68(78)76-67(69(55-25-15-12-16-26-55)85-86(83-48-22-46-74)77(52(3)4)53(5)6)50-82-73(56-27-17-13-18-28-56,57-30-35-60(80-10)36-31-57)58-32-37-61(81-11)38-33-58/h12-13,15-18,25-28,30-38,51-54,62-67,69H,14,19-24,29,39-45,47-50H2,1-11H3,(H,75,79)(H,76,78)/t54-,62?,63?,64-,65?,66?,67+,69+,71+,72-,86?/m1/s1. The Balaban J connectivity index is 0.935. The van der Waals surface area contributed by atoms with Crippen LogP contribution in [-0.2, 0) is 28.9 Å². The lowest BCUT2D eigenvalue weighted by Crippen LogP contribution is -2.51. The highest BCUT2D eigenvalue weighted by molar-refractivity contribution is 7.44. The predicted octanol–water partition coefficient (Wildman–Crippen LogP) is 17.2. The van der Waals surface area contributed by atoms with E-state index in [0.717, 1.165) is 83.4 Å². The molecule has 8 rings (SSSR count). The van der Waals surface area contributed by atoms with Crippen LogP contribution in [0.2, 0.25) is 0 Å². The largest absolute Gasteiger partial charge is 0.497 e. The number of ether oxygens (including phenoxy) is 4. The molecule has 0 radical (unpaired) electrons. The lowest BCUT2D eigenvalue weighted by Gasteiger charge is -2.58. The molecule has 12 nitrogen and oxygen atoms in total. The third-order valence-corrected chi connectivity index (χ3v) is 22.4. The lowest BCUT2D eigenvalue weighted by molar-refractivity contribution is -0.124. The zero-order valence-corrected chi connectivity index (χ0v) is 54.8. The van der Waals surface area contributed by atoms with E-state index in [0.29, 0.717) is 36.3 Å². The fourth-order valence-electron chi connectivity index (χ4n) is 15.9. The summed E-state index contributed by atoms with van der Waals surface area (Å²) in [7, 11) is 1.54. The van der Waals surface area contributed by atoms with E-state index in [1.165, 1.54) is 56.9 Å². The monoisotopic (exact) mass is 1190 g/mol. The number of nitrogens with zero attached hydrogens (tertiary/aromatic N) is 2. The number of carbonyl (C=O) groups is 2. The van der Waals surface area contributed by atoms with Crippen molar-refractivity contribution in [3.8, 4) is 17.6 Å². The van der Waals surface area contributed by atoms with Gasteiger partial charge in [-0.2, -0.15) is 5.26 Å². The molecule has 0 heterocycles. The van der Waals surface area contributed by atoms with Gasteiger partial charge >= 0.3 is 6.09 Å². The molecule has 5 unspecified atom stereocenters. The number of nitriles is 1. The molecular formula is C73H103N4O8P. The number of methoxy groups -OCH3 is 2. The van der Waals surface area contributed by atoms with Crippen LogP contribution in [0, 0.1) is 57.7 Å². The Morgan fingerprint density at radius 3 is 2.00 bits per heavy atom. The van der Waals surface area contributed by atoms with Crippen LogP contribution in [0.25, 0.3) is 0 Å². The summed E-state index contributed by atoms with van der Waals surface area (Å²) in [6, 6.07) is 37.4. The SMILES string of the molecule is COc1ccc(C(OC[C@H](NC(=O)CCCCCNC(=O)OC2CC[C@@]3(C)C(=CCC4C3CC[C@@]3(C)C4CC[C@@H]3[C@H](C)CCCC(C)C)C2)[C@@H](OP(OCCC#N)N(C(C)C)C(C)C)c2ccccc2)(c2ccccc2)c2ccc(OC)cc2)cc1. The Morgan fingerprint density at radius 1 is 0.744 bits per heavy atom. The first-order valence-electron chi connectivity index (χ1n) is 32.7. The van der Waals surface area contributed by atoms with Gasteiger partial charge in [0.2, 0.25) is 5.91 Å². The van der Waals surface area contributed by atoms with Gasteiger partial charge < -0.3 is 38.6 Å². The minimum absolute atomic E-state index is 0.00617. The predicted molar refractivity (Wildman–Crippen MR) is 345 cm³/mol. The van der Waals surface area contributed by atoms with Crippen molar-refractivity contribution in [2.45, 2.75) is 201 Å². The highest BCUT2D eigenvalue weighted by Gasteiger charge is 2.59. The van der Waals surface area contributed by atoms with Gasteiger partial charge in [0.05, 0.1) is 46.0 Å². The van der Waals surface area contributed by atoms with E-state index >= 15 is 0 Å². The molecule has 0 aromatic heterocycles. The topological polar surface area (TPSA) is 141 Å². The van der Waals surface area contributed by atoms with E-state index in [-0.39, 0.29) is 61.7 Å². The Hall–Kier alpha value is -5.28. The van der Waals surface area contributed by atoms with E-state index in [1.807, 2.05) is 97.1 Å². The first kappa shape index (κ1) is 66.7. The maximum absolute atomic E-state index is 14.6. The van der Waals surface area contributed by atoms with Crippen molar-refractivity contribution in [1.29, 1.82) is 5.26 Å². The van der Waals surface area contributed by atoms with Gasteiger partial charge in [0.1, 0.15) is 29.3 Å². The third-order valence-electron chi connectivity index (χ3n) is 20.2. The van der Waals surface area contributed by atoms with Crippen LogP contribution >= 0.6 is 8.53 Å². The third kappa shape index (κ3) is 15.9. The zero-order chi connectivity index (χ0) is 61.4. The molecule has 3 fully saturated rings. The van der Waals surface area contributed by atoms with Crippen molar-refractivity contribution in [1.82, 2.24) is 15.3 Å². The first-order valence-corrected chi connectivity index (χ1v) is 33.8. The summed E-state index contributed by atoms with van der Waals surface area (Å²) in [5.74, 6) is 6.01. The summed E-state index contributed by atoms with van der Waals surface area (Å²) in [6.45, 7) is 21.6. The average Bonchev–Trinajstić information content (AvgIpc) is 1.34. The summed E-state index contributed by atoms with van der Waals surface area (Å²) in [4.78, 5) is 28.0. The molecule has 0 saturated heterocycles. The van der Waals surface area contributed by atoms with Crippen LogP contribution in [0.5, 0.6) is 11.5 Å². The van der Waals surface area contributed by atoms with Gasteiger partial charge in [0.25, 0.3) is 8.53 Å². The normalized spacial score (nSPS) is 24.2. The van der Waals surface area contributed by atoms with Crippen LogP contribution < -0.4 is 20.1 Å². The molecular weight excluding hydrogens is 1090 g/mol. The number of nitrogens with one attached hydrogen (secondary N) is 2. The second-order valence-electron chi connectivity index (χ2n) is 26.8. The van der Waals surface area contributed by atoms with E-state index in [9.17, 15) is 14.9 Å². The second-order valence-corrected chi connectivity index (χ2v) is 28.2. The van der Waals surface area contributed by atoms with Crippen LogP contribution in [-0.4, -0.2) is 74.9 Å². The number of alkyl carbamates (subject to hydrolysis) is 1. The Morgan fingerprint density at radius 2 is 1.38 bits per heavy atom. The number of unbranched alkanes of at least 4 members (excludes halogenated alkanes) is 2. The molecule has 2 N–H and O–H groups in total. The summed E-state index contributed by atoms with van der Waals surface area (Å²) >= 11 is 0. The van der Waals surface area contributed by atoms with Crippen LogP contribution in [0.3, 0.4) is 0 Å². The molecule has 4 aliphatic rings. The highest BCUT2D eigenvalue weighted by atomic mass is 31.2. The molecule has 2 amide bonds. The average molecular weight is 1200 g/mol. The Labute approximate surface area is 518 Å². The maximum atomic E-state index is 14.6. The molecule has 11 atom stereocenters. The van der Waals surface area contributed by atoms with Crippen molar-refractivity contribution in [2.75, 3.05) is 34.0 Å². The van der Waals surface area contributed by atoms with Crippen molar-refractivity contribution in [3.05, 3.63) is 143 Å². The number of hydrogen-bond donors (Lipinski definition) is 2. The summed E-state index contributed by atoms with van der Waals surface area (Å²) in [6.07, 6.45) is 17.4. The number of benzene rings is 4. The number of amides is 2. The van der Waals surface area contributed by atoms with Gasteiger partial charge in [-0.3, -0.25) is 4.79 Å². The second kappa shape index (κ2) is 31.3. The molecule has 86 heavy (non-hydrogen) atoms. The van der Waals surface area contributed by atoms with Gasteiger partial charge in [-0.1, -0.05) is 157 Å². The number of fused-ring (bicyclic) bond motifs is 5. The van der Waals surface area contributed by atoms with Crippen molar-refractivity contribution >= 4 is 20.5 Å². The minimum Gasteiger partial charge on any atom is -0.497 e. The van der Waals surface area contributed by atoms with E-state index in [1.54, 1.807) is 14.2 Å². The molecule has 13 heteroatoms. The Kier molecular flexibility index (Phi) is 24.2. The zero-order valence-electron chi connectivity index (χ0n) is 53.9. The Bertz CT molecular complexity index is 2750. The van der Waals surface area contributed by atoms with Gasteiger partial charge in [-0.05, 0) is 178 Å². The number of allylic oxidation sites excluding steroid dienone is 1. The summed E-state index contributed by atoms with van der Waals surface area (Å²) in [5, 5.41) is 16.1. The number of hydrogen-bond acceptors (Lipinski definition) is 10. The lowest BCUT2D eigenvalue weighted by atomic mass is 9.47. The summed E-state index contributed by atoms with van der Waals surface area (Å²) < 4.78 is 41.0. The van der Waals surface area contributed by atoms with Gasteiger partial charge in [-0.15, -0.1) is 0 Å².